The van der Waals surface area contributed by atoms with Gasteiger partial charge in [-0.25, -0.2) is 19.3 Å². The molecule has 1 amide bonds. The summed E-state index contributed by atoms with van der Waals surface area (Å²) in [5.74, 6) is -1.40. The number of hydrogen-bond acceptors (Lipinski definition) is 5. The second-order valence-electron chi connectivity index (χ2n) is 5.39. The molecule has 1 aliphatic rings. The number of carboxylic acids is 1. The fraction of sp³-hybridized carbons (Fsp3) is 0.636. The quantitative estimate of drug-likeness (QED) is 0.850. The summed E-state index contributed by atoms with van der Waals surface area (Å²) < 4.78 is 6.68. The number of ether oxygens (including phenoxy) is 1. The van der Waals surface area contributed by atoms with Crippen LogP contribution in [0.25, 0.3) is 0 Å². The van der Waals surface area contributed by atoms with Gasteiger partial charge in [0.05, 0.1) is 6.04 Å². The Labute approximate surface area is 110 Å². The Hall–Kier alpha value is -2.12. The maximum Gasteiger partial charge on any atom is 0.410 e. The van der Waals surface area contributed by atoms with E-state index in [1.54, 1.807) is 20.8 Å². The lowest BCUT2D eigenvalue weighted by Crippen LogP contribution is -2.52. The van der Waals surface area contributed by atoms with Gasteiger partial charge in [-0.3, -0.25) is 0 Å². The number of hydrogen-bond donors (Lipinski definition) is 1. The highest BCUT2D eigenvalue weighted by Crippen LogP contribution is 2.22. The van der Waals surface area contributed by atoms with Crippen molar-refractivity contribution in [2.45, 2.75) is 32.4 Å². The maximum atomic E-state index is 11.7. The van der Waals surface area contributed by atoms with E-state index < -0.39 is 11.6 Å². The van der Waals surface area contributed by atoms with E-state index in [0.717, 1.165) is 0 Å². The third-order valence-electron chi connectivity index (χ3n) is 2.59. The monoisotopic (exact) mass is 268 g/mol. The summed E-state index contributed by atoms with van der Waals surface area (Å²) in [6, 6.07) is -0.0480. The summed E-state index contributed by atoms with van der Waals surface area (Å²) in [5.41, 5.74) is -0.522. The van der Waals surface area contributed by atoms with Gasteiger partial charge in [-0.2, -0.15) is 0 Å². The Morgan fingerprint density at radius 1 is 1.42 bits per heavy atom. The molecule has 0 aromatic carbocycles. The van der Waals surface area contributed by atoms with Gasteiger partial charge >= 0.3 is 12.1 Å². The molecule has 19 heavy (non-hydrogen) atoms. The molecule has 8 heteroatoms. The molecule has 1 aromatic heterocycles. The summed E-state index contributed by atoms with van der Waals surface area (Å²) >= 11 is 0. The van der Waals surface area contributed by atoms with Gasteiger partial charge < -0.3 is 14.7 Å². The zero-order valence-electron chi connectivity index (χ0n) is 11.0. The molecule has 1 N–H and O–H groups in total. The van der Waals surface area contributed by atoms with Crippen LogP contribution in [0.5, 0.6) is 0 Å². The number of rotatable bonds is 2. The first-order valence-corrected chi connectivity index (χ1v) is 5.88. The highest BCUT2D eigenvalue weighted by atomic mass is 16.6. The number of carboxylic acid groups (broad SMARTS) is 1. The third-order valence-corrected chi connectivity index (χ3v) is 2.59. The van der Waals surface area contributed by atoms with E-state index in [0.29, 0.717) is 13.1 Å². The standard InChI is InChI=1S/C11H16N4O4/c1-11(2,3)19-10(18)14-4-7(5-14)15-6-12-8(13-15)9(16)17/h6-7H,4-5H2,1-3H3,(H,16,17). The Balaban J connectivity index is 1.89. The lowest BCUT2D eigenvalue weighted by atomic mass is 10.1. The van der Waals surface area contributed by atoms with Crippen LogP contribution in [0.2, 0.25) is 0 Å². The van der Waals surface area contributed by atoms with Gasteiger partial charge in [-0.1, -0.05) is 0 Å². The van der Waals surface area contributed by atoms with E-state index in [2.05, 4.69) is 10.1 Å². The number of nitrogens with zero attached hydrogens (tertiary/aromatic N) is 4. The van der Waals surface area contributed by atoms with Gasteiger partial charge in [-0.05, 0) is 20.8 Å². The highest BCUT2D eigenvalue weighted by molar-refractivity contribution is 5.82. The molecule has 104 valence electrons. The smallest absolute Gasteiger partial charge is 0.410 e. The summed E-state index contributed by atoms with van der Waals surface area (Å²) in [4.78, 5) is 27.6. The van der Waals surface area contributed by atoms with Crippen LogP contribution in [0.4, 0.5) is 4.79 Å². The van der Waals surface area contributed by atoms with Crippen molar-refractivity contribution in [3.8, 4) is 0 Å². The molecule has 0 aliphatic carbocycles. The van der Waals surface area contributed by atoms with Gasteiger partial charge in [0.15, 0.2) is 0 Å². The molecule has 2 heterocycles. The minimum absolute atomic E-state index is 0.0480. The van der Waals surface area contributed by atoms with Gasteiger partial charge in [0.2, 0.25) is 0 Å². The first kappa shape index (κ1) is 13.3. The molecular weight excluding hydrogens is 252 g/mol. The second kappa shape index (κ2) is 4.52. The minimum Gasteiger partial charge on any atom is -0.475 e. The average Bonchev–Trinajstić information content (AvgIpc) is 2.61. The molecule has 0 atom stereocenters. The van der Waals surface area contributed by atoms with Crippen molar-refractivity contribution >= 4 is 12.1 Å². The van der Waals surface area contributed by atoms with Gasteiger partial charge in [0.25, 0.3) is 5.82 Å². The van der Waals surface area contributed by atoms with Crippen LogP contribution in [-0.2, 0) is 4.74 Å². The van der Waals surface area contributed by atoms with E-state index in [1.807, 2.05) is 0 Å². The van der Waals surface area contributed by atoms with E-state index in [4.69, 9.17) is 9.84 Å². The van der Waals surface area contributed by atoms with Crippen LogP contribution >= 0.6 is 0 Å². The Bertz CT molecular complexity index is 499. The topological polar surface area (TPSA) is 97.6 Å². The molecule has 1 aliphatic heterocycles. The molecule has 1 aromatic rings. The first-order valence-electron chi connectivity index (χ1n) is 5.88. The van der Waals surface area contributed by atoms with Crippen LogP contribution in [0.3, 0.4) is 0 Å². The lowest BCUT2D eigenvalue weighted by molar-refractivity contribution is -0.000552. The molecule has 0 saturated carbocycles. The average molecular weight is 268 g/mol. The predicted molar refractivity (Wildman–Crippen MR) is 63.8 cm³/mol. The van der Waals surface area contributed by atoms with Gasteiger partial charge in [0.1, 0.15) is 11.9 Å². The lowest BCUT2D eigenvalue weighted by Gasteiger charge is -2.39. The number of likely N-dealkylation sites (tertiary alicyclic amines) is 1. The van der Waals surface area contributed by atoms with Crippen LogP contribution in [0.15, 0.2) is 6.33 Å². The predicted octanol–water partition coefficient (Wildman–Crippen LogP) is 0.768. The molecule has 0 unspecified atom stereocenters. The van der Waals surface area contributed by atoms with Crippen molar-refractivity contribution in [1.29, 1.82) is 0 Å². The number of aromatic nitrogens is 3. The van der Waals surface area contributed by atoms with Crippen molar-refractivity contribution < 1.29 is 19.4 Å². The van der Waals surface area contributed by atoms with Crippen molar-refractivity contribution in [2.24, 2.45) is 0 Å². The van der Waals surface area contributed by atoms with Gasteiger partial charge in [0, 0.05) is 13.1 Å². The van der Waals surface area contributed by atoms with E-state index in [1.165, 1.54) is 15.9 Å². The fourth-order valence-electron chi connectivity index (χ4n) is 1.65. The van der Waals surface area contributed by atoms with E-state index >= 15 is 0 Å². The second-order valence-corrected chi connectivity index (χ2v) is 5.39. The molecular formula is C11H16N4O4. The number of amides is 1. The maximum absolute atomic E-state index is 11.7. The van der Waals surface area contributed by atoms with Crippen LogP contribution < -0.4 is 0 Å². The Morgan fingerprint density at radius 2 is 2.05 bits per heavy atom. The highest BCUT2D eigenvalue weighted by Gasteiger charge is 2.35. The van der Waals surface area contributed by atoms with E-state index in [-0.39, 0.29) is 18.0 Å². The molecule has 2 rings (SSSR count). The minimum atomic E-state index is -1.16. The summed E-state index contributed by atoms with van der Waals surface area (Å²) in [5, 5.41) is 12.5. The normalized spacial score (nSPS) is 16.1. The molecule has 1 saturated heterocycles. The number of carbonyl (C=O) groups excluding carboxylic acids is 1. The Morgan fingerprint density at radius 3 is 2.53 bits per heavy atom. The largest absolute Gasteiger partial charge is 0.475 e. The summed E-state index contributed by atoms with van der Waals surface area (Å²) in [7, 11) is 0. The van der Waals surface area contributed by atoms with Crippen molar-refractivity contribution in [3.05, 3.63) is 12.2 Å². The Kier molecular flexibility index (Phi) is 3.17. The number of carbonyl (C=O) groups is 2. The summed E-state index contributed by atoms with van der Waals surface area (Å²) in [6.45, 7) is 6.30. The van der Waals surface area contributed by atoms with E-state index in [9.17, 15) is 9.59 Å². The number of aromatic carboxylic acids is 1. The molecule has 1 fully saturated rings. The van der Waals surface area contributed by atoms with Crippen molar-refractivity contribution in [1.82, 2.24) is 19.7 Å². The SMILES string of the molecule is CC(C)(C)OC(=O)N1CC(n2cnc(C(=O)O)n2)C1. The molecule has 0 spiro atoms. The third kappa shape index (κ3) is 3.01. The van der Waals surface area contributed by atoms with Crippen molar-refractivity contribution in [3.63, 3.8) is 0 Å². The molecule has 0 radical (unpaired) electrons. The fourth-order valence-corrected chi connectivity index (χ4v) is 1.65. The van der Waals surface area contributed by atoms with Crippen molar-refractivity contribution in [2.75, 3.05) is 13.1 Å². The molecule has 0 bridgehead atoms. The van der Waals surface area contributed by atoms with Crippen LogP contribution in [0, 0.1) is 0 Å². The van der Waals surface area contributed by atoms with Crippen LogP contribution in [-0.4, -0.2) is 55.5 Å². The van der Waals surface area contributed by atoms with Crippen LogP contribution in [0.1, 0.15) is 37.4 Å². The van der Waals surface area contributed by atoms with Gasteiger partial charge in [-0.15, -0.1) is 5.10 Å². The first-order chi connectivity index (χ1) is 8.76. The zero-order chi connectivity index (χ0) is 14.2. The zero-order valence-corrected chi connectivity index (χ0v) is 11.0. The molecule has 8 nitrogen and oxygen atoms in total. The summed E-state index contributed by atoms with van der Waals surface area (Å²) in [6.07, 6.45) is 0.989.